The lowest BCUT2D eigenvalue weighted by atomic mass is 10.4. The maximum absolute atomic E-state index is 10.4. The maximum Gasteiger partial charge on any atom is 0.322 e. The maximum atomic E-state index is 10.4. The van der Waals surface area contributed by atoms with Crippen LogP contribution in [0.3, 0.4) is 0 Å². The molecule has 0 bridgehead atoms. The minimum Gasteiger partial charge on any atom is -0.480 e. The molecule has 0 saturated heterocycles. The molecule has 0 aliphatic heterocycles. The number of aromatic nitrogens is 2. The predicted molar refractivity (Wildman–Crippen MR) is 59.4 cm³/mol. The average molecular weight is 222 g/mol. The van der Waals surface area contributed by atoms with E-state index in [2.05, 4.69) is 20.6 Å². The summed E-state index contributed by atoms with van der Waals surface area (Å²) in [6.07, 6.45) is 3.98. The standard InChI is InChI=1S/C10H14N4O2/c15-10(16)5-12-9-3-8(13-6-14-9)11-4-7-1-2-7/h3,6-7H,1-2,4-5H2,(H,15,16)(H2,11,12,13,14). The zero-order chi connectivity index (χ0) is 11.4. The molecule has 1 aliphatic carbocycles. The van der Waals surface area contributed by atoms with Crippen LogP contribution in [-0.2, 0) is 4.79 Å². The largest absolute Gasteiger partial charge is 0.480 e. The Kier molecular flexibility index (Phi) is 3.19. The molecule has 6 nitrogen and oxygen atoms in total. The number of nitrogens with one attached hydrogen (secondary N) is 2. The van der Waals surface area contributed by atoms with E-state index in [1.165, 1.54) is 19.2 Å². The molecule has 0 spiro atoms. The second kappa shape index (κ2) is 4.78. The highest BCUT2D eigenvalue weighted by molar-refractivity contribution is 5.72. The number of hydrogen-bond acceptors (Lipinski definition) is 5. The lowest BCUT2D eigenvalue weighted by Crippen LogP contribution is -2.14. The van der Waals surface area contributed by atoms with Crippen molar-refractivity contribution in [1.29, 1.82) is 0 Å². The van der Waals surface area contributed by atoms with Gasteiger partial charge in [0.1, 0.15) is 24.5 Å². The number of carbonyl (C=O) groups is 1. The van der Waals surface area contributed by atoms with E-state index in [4.69, 9.17) is 5.11 Å². The van der Waals surface area contributed by atoms with E-state index in [9.17, 15) is 4.79 Å². The topological polar surface area (TPSA) is 87.1 Å². The van der Waals surface area contributed by atoms with Crippen molar-refractivity contribution in [2.75, 3.05) is 23.7 Å². The first-order chi connectivity index (χ1) is 7.74. The molecule has 16 heavy (non-hydrogen) atoms. The molecule has 1 aromatic rings. The van der Waals surface area contributed by atoms with Gasteiger partial charge in [0.25, 0.3) is 0 Å². The van der Waals surface area contributed by atoms with Crippen LogP contribution in [0.5, 0.6) is 0 Å². The summed E-state index contributed by atoms with van der Waals surface area (Å²) in [5.74, 6) is 1.11. The fraction of sp³-hybridized carbons (Fsp3) is 0.500. The number of rotatable bonds is 6. The Morgan fingerprint density at radius 3 is 2.69 bits per heavy atom. The number of hydrogen-bond donors (Lipinski definition) is 3. The van der Waals surface area contributed by atoms with Crippen LogP contribution < -0.4 is 10.6 Å². The highest BCUT2D eigenvalue weighted by atomic mass is 16.4. The van der Waals surface area contributed by atoms with Crippen LogP contribution in [0.15, 0.2) is 12.4 Å². The van der Waals surface area contributed by atoms with Crippen molar-refractivity contribution in [2.45, 2.75) is 12.8 Å². The first-order valence-corrected chi connectivity index (χ1v) is 5.25. The van der Waals surface area contributed by atoms with Gasteiger partial charge in [0.15, 0.2) is 0 Å². The summed E-state index contributed by atoms with van der Waals surface area (Å²) in [6.45, 7) is 0.786. The minimum absolute atomic E-state index is 0.140. The zero-order valence-corrected chi connectivity index (χ0v) is 8.81. The van der Waals surface area contributed by atoms with Crippen LogP contribution in [-0.4, -0.2) is 34.1 Å². The summed E-state index contributed by atoms with van der Waals surface area (Å²) >= 11 is 0. The van der Waals surface area contributed by atoms with Gasteiger partial charge in [0.2, 0.25) is 0 Å². The second-order valence-corrected chi connectivity index (χ2v) is 3.86. The summed E-state index contributed by atoms with van der Waals surface area (Å²) in [6, 6.07) is 1.71. The van der Waals surface area contributed by atoms with Crippen molar-refractivity contribution in [3.8, 4) is 0 Å². The van der Waals surface area contributed by atoms with Gasteiger partial charge in [-0.1, -0.05) is 0 Å². The van der Waals surface area contributed by atoms with Crippen molar-refractivity contribution in [2.24, 2.45) is 5.92 Å². The molecular weight excluding hydrogens is 208 g/mol. The van der Waals surface area contributed by atoms with Crippen molar-refractivity contribution < 1.29 is 9.90 Å². The molecule has 0 amide bonds. The minimum atomic E-state index is -0.911. The van der Waals surface area contributed by atoms with Crippen molar-refractivity contribution >= 4 is 17.6 Å². The third-order valence-electron chi connectivity index (χ3n) is 2.36. The van der Waals surface area contributed by atoms with Gasteiger partial charge in [0.05, 0.1) is 0 Å². The predicted octanol–water partition coefficient (Wildman–Crippen LogP) is 0.795. The quantitative estimate of drug-likeness (QED) is 0.659. The summed E-state index contributed by atoms with van der Waals surface area (Å²) in [5, 5.41) is 14.4. The Hall–Kier alpha value is -1.85. The highest BCUT2D eigenvalue weighted by Gasteiger charge is 2.20. The van der Waals surface area contributed by atoms with E-state index in [-0.39, 0.29) is 6.54 Å². The van der Waals surface area contributed by atoms with Gasteiger partial charge in [-0.25, -0.2) is 9.97 Å². The molecule has 0 unspecified atom stereocenters. The Balaban J connectivity index is 1.87. The van der Waals surface area contributed by atoms with E-state index in [0.29, 0.717) is 5.82 Å². The van der Waals surface area contributed by atoms with Crippen LogP contribution >= 0.6 is 0 Å². The van der Waals surface area contributed by atoms with E-state index in [1.807, 2.05) is 0 Å². The molecule has 1 aromatic heterocycles. The summed E-state index contributed by atoms with van der Waals surface area (Å²) in [5.41, 5.74) is 0. The third kappa shape index (κ3) is 3.38. The van der Waals surface area contributed by atoms with Crippen LogP contribution in [0.1, 0.15) is 12.8 Å². The molecule has 0 atom stereocenters. The Labute approximate surface area is 93.1 Å². The summed E-state index contributed by atoms with van der Waals surface area (Å²) in [4.78, 5) is 18.3. The van der Waals surface area contributed by atoms with E-state index in [0.717, 1.165) is 18.3 Å². The first kappa shape index (κ1) is 10.7. The number of aliphatic carboxylic acids is 1. The number of carboxylic acid groups (broad SMARTS) is 1. The average Bonchev–Trinajstić information content (AvgIpc) is 3.08. The molecule has 0 aromatic carbocycles. The number of nitrogens with zero attached hydrogens (tertiary/aromatic N) is 2. The van der Waals surface area contributed by atoms with E-state index >= 15 is 0 Å². The van der Waals surface area contributed by atoms with Crippen LogP contribution in [0.4, 0.5) is 11.6 Å². The van der Waals surface area contributed by atoms with Gasteiger partial charge in [-0.3, -0.25) is 4.79 Å². The van der Waals surface area contributed by atoms with Crippen LogP contribution in [0.2, 0.25) is 0 Å². The lowest BCUT2D eigenvalue weighted by molar-refractivity contribution is -0.134. The normalized spacial score (nSPS) is 14.5. The highest BCUT2D eigenvalue weighted by Crippen LogP contribution is 2.28. The van der Waals surface area contributed by atoms with Gasteiger partial charge in [-0.05, 0) is 18.8 Å². The van der Waals surface area contributed by atoms with Gasteiger partial charge in [0, 0.05) is 12.6 Å². The van der Waals surface area contributed by atoms with Gasteiger partial charge >= 0.3 is 5.97 Å². The Morgan fingerprint density at radius 2 is 2.06 bits per heavy atom. The molecule has 1 fully saturated rings. The van der Waals surface area contributed by atoms with Gasteiger partial charge < -0.3 is 15.7 Å². The molecule has 3 N–H and O–H groups in total. The third-order valence-corrected chi connectivity index (χ3v) is 2.36. The molecule has 1 saturated carbocycles. The Bertz CT molecular complexity index is 379. The van der Waals surface area contributed by atoms with Crippen molar-refractivity contribution in [3.63, 3.8) is 0 Å². The van der Waals surface area contributed by atoms with Crippen molar-refractivity contribution in [1.82, 2.24) is 9.97 Å². The fourth-order valence-electron chi connectivity index (χ4n) is 1.29. The molecular formula is C10H14N4O2. The first-order valence-electron chi connectivity index (χ1n) is 5.25. The summed E-state index contributed by atoms with van der Waals surface area (Å²) in [7, 11) is 0. The van der Waals surface area contributed by atoms with Crippen LogP contribution in [0.25, 0.3) is 0 Å². The zero-order valence-electron chi connectivity index (χ0n) is 8.81. The second-order valence-electron chi connectivity index (χ2n) is 3.86. The molecule has 2 rings (SSSR count). The molecule has 1 heterocycles. The number of anilines is 2. The summed E-state index contributed by atoms with van der Waals surface area (Å²) < 4.78 is 0. The molecule has 0 radical (unpaired) electrons. The monoisotopic (exact) mass is 222 g/mol. The smallest absolute Gasteiger partial charge is 0.322 e. The van der Waals surface area contributed by atoms with E-state index < -0.39 is 5.97 Å². The Morgan fingerprint density at radius 1 is 1.38 bits per heavy atom. The molecule has 86 valence electrons. The lowest BCUT2D eigenvalue weighted by Gasteiger charge is -2.06. The van der Waals surface area contributed by atoms with Crippen molar-refractivity contribution in [3.05, 3.63) is 12.4 Å². The molecule has 1 aliphatic rings. The van der Waals surface area contributed by atoms with Crippen LogP contribution in [0, 0.1) is 5.92 Å². The van der Waals surface area contributed by atoms with Gasteiger partial charge in [-0.2, -0.15) is 0 Å². The molecule has 6 heteroatoms. The van der Waals surface area contributed by atoms with Gasteiger partial charge in [-0.15, -0.1) is 0 Å². The number of carboxylic acids is 1. The van der Waals surface area contributed by atoms with E-state index in [1.54, 1.807) is 6.07 Å². The SMILES string of the molecule is O=C(O)CNc1cc(NCC2CC2)ncn1. The fourth-order valence-corrected chi connectivity index (χ4v) is 1.29.